The third kappa shape index (κ3) is 4.20. The van der Waals surface area contributed by atoms with E-state index in [1.807, 2.05) is 6.20 Å². The Morgan fingerprint density at radius 2 is 1.96 bits per heavy atom. The van der Waals surface area contributed by atoms with Gasteiger partial charge in [-0.25, -0.2) is 0 Å². The molecule has 136 valence electrons. The topological polar surface area (TPSA) is 56.1 Å². The molecule has 0 N–H and O–H groups in total. The molecule has 4 rings (SSSR count). The second kappa shape index (κ2) is 6.94. The van der Waals surface area contributed by atoms with Crippen LogP contribution in [0.4, 0.5) is 0 Å². The van der Waals surface area contributed by atoms with E-state index in [-0.39, 0.29) is 11.7 Å². The first-order valence-electron chi connectivity index (χ1n) is 9.32. The molecule has 3 aliphatic rings. The highest BCUT2D eigenvalue weighted by molar-refractivity contribution is 6.14. The van der Waals surface area contributed by atoms with Crippen molar-refractivity contribution in [3.63, 3.8) is 0 Å². The minimum atomic E-state index is -0.217. The minimum absolute atomic E-state index is 0.0842. The Morgan fingerprint density at radius 1 is 1.19 bits per heavy atom. The Balaban J connectivity index is 1.35. The van der Waals surface area contributed by atoms with E-state index in [4.69, 9.17) is 9.47 Å². The zero-order valence-electron chi connectivity index (χ0n) is 15.7. The minimum Gasteiger partial charge on any atom is -0.352 e. The fourth-order valence-corrected chi connectivity index (χ4v) is 3.03. The maximum absolute atomic E-state index is 5.80. The normalized spacial score (nSPS) is 22.4. The van der Waals surface area contributed by atoms with Gasteiger partial charge in [0, 0.05) is 35.9 Å². The monoisotopic (exact) mass is 351 g/mol. The van der Waals surface area contributed by atoms with Crippen molar-refractivity contribution < 1.29 is 9.47 Å². The Hall–Kier alpha value is -2.03. The highest BCUT2D eigenvalue weighted by atomic mass is 16.7. The Kier molecular flexibility index (Phi) is 4.64. The third-order valence-corrected chi connectivity index (χ3v) is 4.76. The predicted molar refractivity (Wildman–Crippen MR) is 101 cm³/mol. The summed E-state index contributed by atoms with van der Waals surface area (Å²) in [6.45, 7) is 7.77. The fourth-order valence-electron chi connectivity index (χ4n) is 3.03. The van der Waals surface area contributed by atoms with Crippen LogP contribution in [-0.4, -0.2) is 35.9 Å². The molecule has 2 fully saturated rings. The zero-order valence-corrected chi connectivity index (χ0v) is 15.7. The summed E-state index contributed by atoms with van der Waals surface area (Å²) >= 11 is 0. The van der Waals surface area contributed by atoms with E-state index < -0.39 is 0 Å². The molecule has 0 amide bonds. The van der Waals surface area contributed by atoms with Crippen molar-refractivity contribution in [3.05, 3.63) is 29.1 Å². The molecule has 0 bridgehead atoms. The average molecular weight is 351 g/mol. The van der Waals surface area contributed by atoms with Crippen LogP contribution in [0.15, 0.2) is 22.5 Å². The predicted octanol–water partition coefficient (Wildman–Crippen LogP) is 3.49. The van der Waals surface area contributed by atoms with Gasteiger partial charge in [0.2, 0.25) is 0 Å². The lowest BCUT2D eigenvalue weighted by atomic mass is 9.95. The molecular weight excluding hydrogens is 326 g/mol. The van der Waals surface area contributed by atoms with Crippen LogP contribution < -0.4 is 0 Å². The summed E-state index contributed by atoms with van der Waals surface area (Å²) in [6, 6.07) is 2.09. The molecule has 1 saturated heterocycles. The first-order valence-corrected chi connectivity index (χ1v) is 9.32. The van der Waals surface area contributed by atoms with Gasteiger partial charge in [0.05, 0.1) is 30.3 Å². The molecule has 0 unspecified atom stereocenters. The second-order valence-corrected chi connectivity index (χ2v) is 8.24. The molecule has 5 nitrogen and oxygen atoms in total. The van der Waals surface area contributed by atoms with Crippen molar-refractivity contribution in [1.82, 2.24) is 4.98 Å². The summed E-state index contributed by atoms with van der Waals surface area (Å²) in [5.41, 5.74) is 4.96. The largest absolute Gasteiger partial charge is 0.352 e. The van der Waals surface area contributed by atoms with Crippen molar-refractivity contribution >= 4 is 11.4 Å². The molecule has 0 radical (unpaired) electrons. The van der Waals surface area contributed by atoms with Gasteiger partial charge < -0.3 is 9.47 Å². The summed E-state index contributed by atoms with van der Waals surface area (Å²) in [6.07, 6.45) is 5.46. The van der Waals surface area contributed by atoms with E-state index in [2.05, 4.69) is 53.9 Å². The average Bonchev–Trinajstić information content (AvgIpc) is 3.33. The van der Waals surface area contributed by atoms with Crippen LogP contribution >= 0.6 is 0 Å². The van der Waals surface area contributed by atoms with Gasteiger partial charge in [-0.2, -0.15) is 10.2 Å². The molecule has 5 heteroatoms. The SMILES string of the molecule is Cc1cc(C#CC2CC2)cnc1C1=NN=C(CC2OCC(C)(C)CO2)C1. The molecule has 1 aromatic heterocycles. The van der Waals surface area contributed by atoms with Crippen LogP contribution in [0.25, 0.3) is 0 Å². The number of rotatable bonds is 3. The van der Waals surface area contributed by atoms with Crippen molar-refractivity contribution in [1.29, 1.82) is 0 Å². The van der Waals surface area contributed by atoms with Gasteiger partial charge in [0.25, 0.3) is 0 Å². The van der Waals surface area contributed by atoms with Crippen LogP contribution in [0.1, 0.15) is 56.4 Å². The van der Waals surface area contributed by atoms with Gasteiger partial charge in [-0.3, -0.25) is 4.98 Å². The lowest BCUT2D eigenvalue weighted by Gasteiger charge is -2.34. The van der Waals surface area contributed by atoms with Crippen molar-refractivity contribution in [3.8, 4) is 11.8 Å². The highest BCUT2D eigenvalue weighted by Gasteiger charge is 2.30. The van der Waals surface area contributed by atoms with Gasteiger partial charge in [-0.15, -0.1) is 0 Å². The van der Waals surface area contributed by atoms with Crippen LogP contribution in [-0.2, 0) is 9.47 Å². The highest BCUT2D eigenvalue weighted by Crippen LogP contribution is 2.28. The third-order valence-electron chi connectivity index (χ3n) is 4.76. The van der Waals surface area contributed by atoms with E-state index in [1.54, 1.807) is 0 Å². The second-order valence-electron chi connectivity index (χ2n) is 8.24. The lowest BCUT2D eigenvalue weighted by molar-refractivity contribution is -0.217. The van der Waals surface area contributed by atoms with E-state index in [1.165, 1.54) is 12.8 Å². The van der Waals surface area contributed by atoms with Gasteiger partial charge in [0.15, 0.2) is 6.29 Å². The zero-order chi connectivity index (χ0) is 18.1. The number of hydrogen-bond acceptors (Lipinski definition) is 5. The Bertz CT molecular complexity index is 815. The van der Waals surface area contributed by atoms with Crippen LogP contribution in [0.5, 0.6) is 0 Å². The molecule has 1 saturated carbocycles. The lowest BCUT2D eigenvalue weighted by Crippen LogP contribution is -2.38. The maximum atomic E-state index is 5.80. The summed E-state index contributed by atoms with van der Waals surface area (Å²) in [7, 11) is 0. The molecule has 0 spiro atoms. The van der Waals surface area contributed by atoms with E-state index >= 15 is 0 Å². The van der Waals surface area contributed by atoms with Crippen molar-refractivity contribution in [2.24, 2.45) is 21.5 Å². The Morgan fingerprint density at radius 3 is 2.65 bits per heavy atom. The molecule has 1 aliphatic carbocycles. The van der Waals surface area contributed by atoms with Crippen molar-refractivity contribution in [2.75, 3.05) is 13.2 Å². The fraction of sp³-hybridized carbons (Fsp3) is 0.571. The summed E-state index contributed by atoms with van der Waals surface area (Å²) < 4.78 is 11.6. The van der Waals surface area contributed by atoms with E-state index in [9.17, 15) is 0 Å². The number of ether oxygens (including phenoxy) is 2. The molecular formula is C21H25N3O2. The van der Waals surface area contributed by atoms with E-state index in [0.29, 0.717) is 32.0 Å². The number of aryl methyl sites for hydroxylation is 1. The standard InChI is InChI=1S/C21H25N3O2/c1-14-8-16(7-6-15-4-5-15)11-22-20(14)18-9-17(23-24-18)10-19-25-12-21(2,3)13-26-19/h8,11,15,19H,4-5,9-10,12-13H2,1-3H3. The van der Waals surface area contributed by atoms with Gasteiger partial charge in [0.1, 0.15) is 0 Å². The number of aromatic nitrogens is 1. The van der Waals surface area contributed by atoms with Gasteiger partial charge in [-0.1, -0.05) is 25.7 Å². The van der Waals surface area contributed by atoms with Crippen molar-refractivity contribution in [2.45, 2.75) is 52.7 Å². The van der Waals surface area contributed by atoms with E-state index in [0.717, 1.165) is 28.2 Å². The quantitative estimate of drug-likeness (QED) is 0.783. The molecule has 0 atom stereocenters. The summed E-state index contributed by atoms with van der Waals surface area (Å²) in [4.78, 5) is 4.59. The summed E-state index contributed by atoms with van der Waals surface area (Å²) in [5.74, 6) is 7.09. The number of nitrogens with zero attached hydrogens (tertiary/aromatic N) is 3. The molecule has 2 aliphatic heterocycles. The molecule has 1 aromatic rings. The number of hydrogen-bond donors (Lipinski definition) is 0. The molecule has 26 heavy (non-hydrogen) atoms. The first-order chi connectivity index (χ1) is 12.5. The van der Waals surface area contributed by atoms with Gasteiger partial charge >= 0.3 is 0 Å². The molecule has 0 aromatic carbocycles. The summed E-state index contributed by atoms with van der Waals surface area (Å²) in [5, 5.41) is 8.68. The maximum Gasteiger partial charge on any atom is 0.162 e. The smallest absolute Gasteiger partial charge is 0.162 e. The Labute approximate surface area is 154 Å². The molecule has 3 heterocycles. The first kappa shape index (κ1) is 17.4. The van der Waals surface area contributed by atoms with Crippen LogP contribution in [0.2, 0.25) is 0 Å². The van der Waals surface area contributed by atoms with Crippen LogP contribution in [0, 0.1) is 30.1 Å². The number of pyridine rings is 1. The van der Waals surface area contributed by atoms with Crippen LogP contribution in [0.3, 0.4) is 0 Å². The van der Waals surface area contributed by atoms with Gasteiger partial charge in [-0.05, 0) is 31.4 Å².